The minimum absolute atomic E-state index is 0.125. The summed E-state index contributed by atoms with van der Waals surface area (Å²) in [6.45, 7) is 1.45. The maximum Gasteiger partial charge on any atom is 0.263 e. The largest absolute Gasteiger partial charge is 0.396 e. The van der Waals surface area contributed by atoms with Gasteiger partial charge in [-0.2, -0.15) is 5.26 Å². The van der Waals surface area contributed by atoms with Crippen molar-refractivity contribution in [1.82, 2.24) is 10.2 Å². The summed E-state index contributed by atoms with van der Waals surface area (Å²) in [6.07, 6.45) is 6.24. The number of carbonyl (C=O) groups excluding carboxylic acids is 1. The van der Waals surface area contributed by atoms with Gasteiger partial charge >= 0.3 is 0 Å². The number of aliphatic hydroxyl groups excluding tert-OH is 1. The molecule has 0 aliphatic carbocycles. The molecule has 0 spiro atoms. The van der Waals surface area contributed by atoms with Crippen molar-refractivity contribution in [3.05, 3.63) is 47.7 Å². The lowest BCUT2D eigenvalue weighted by Gasteiger charge is -2.34. The molecular formula is C19H25N3O2. The smallest absolute Gasteiger partial charge is 0.263 e. The molecule has 5 heteroatoms. The molecule has 24 heavy (non-hydrogen) atoms. The van der Waals surface area contributed by atoms with Gasteiger partial charge in [0.2, 0.25) is 0 Å². The lowest BCUT2D eigenvalue weighted by Crippen LogP contribution is -2.37. The molecule has 0 bridgehead atoms. The Bertz CT molecular complexity index is 590. The Hall–Kier alpha value is -2.32. The van der Waals surface area contributed by atoms with Crippen molar-refractivity contribution in [3.8, 4) is 6.07 Å². The maximum atomic E-state index is 12.2. The number of nitriles is 1. The Balaban J connectivity index is 1.91. The first-order valence-electron chi connectivity index (χ1n) is 8.55. The van der Waals surface area contributed by atoms with E-state index >= 15 is 0 Å². The fourth-order valence-corrected chi connectivity index (χ4v) is 3.02. The highest BCUT2D eigenvalue weighted by Crippen LogP contribution is 2.20. The van der Waals surface area contributed by atoms with Crippen molar-refractivity contribution < 1.29 is 9.90 Å². The first-order valence-corrected chi connectivity index (χ1v) is 8.55. The first kappa shape index (κ1) is 18.0. The van der Waals surface area contributed by atoms with E-state index in [1.54, 1.807) is 6.20 Å². The second kappa shape index (κ2) is 9.74. The van der Waals surface area contributed by atoms with Gasteiger partial charge in [0.15, 0.2) is 0 Å². The molecule has 0 radical (unpaired) electrons. The van der Waals surface area contributed by atoms with E-state index in [4.69, 9.17) is 5.11 Å². The van der Waals surface area contributed by atoms with Crippen LogP contribution in [0.3, 0.4) is 0 Å². The van der Waals surface area contributed by atoms with Crippen LogP contribution in [0.4, 0.5) is 0 Å². The van der Waals surface area contributed by atoms with E-state index in [2.05, 4.69) is 5.32 Å². The molecule has 2 N–H and O–H groups in total. The third-order valence-electron chi connectivity index (χ3n) is 4.34. The van der Waals surface area contributed by atoms with Gasteiger partial charge in [-0.05, 0) is 37.7 Å². The Morgan fingerprint density at radius 2 is 2.17 bits per heavy atom. The topological polar surface area (TPSA) is 76.4 Å². The molecule has 1 amide bonds. The average Bonchev–Trinajstić information content (AvgIpc) is 2.62. The highest BCUT2D eigenvalue weighted by molar-refractivity contribution is 5.97. The fraction of sp³-hybridized carbons (Fsp3) is 0.474. The molecule has 1 saturated heterocycles. The fourth-order valence-electron chi connectivity index (χ4n) is 3.02. The quantitative estimate of drug-likeness (QED) is 0.593. The molecule has 1 atom stereocenters. The summed E-state index contributed by atoms with van der Waals surface area (Å²) in [5.41, 5.74) is 1.28. The molecule has 2 rings (SSSR count). The number of amides is 1. The maximum absolute atomic E-state index is 12.2. The van der Waals surface area contributed by atoms with Gasteiger partial charge in [-0.15, -0.1) is 0 Å². The van der Waals surface area contributed by atoms with Crippen LogP contribution in [0.1, 0.15) is 31.2 Å². The van der Waals surface area contributed by atoms with Crippen LogP contribution < -0.4 is 5.32 Å². The highest BCUT2D eigenvalue weighted by atomic mass is 16.3. The minimum Gasteiger partial charge on any atom is -0.396 e. The molecule has 1 fully saturated rings. The third-order valence-corrected chi connectivity index (χ3v) is 4.34. The van der Waals surface area contributed by atoms with Crippen LogP contribution in [0.25, 0.3) is 0 Å². The first-order chi connectivity index (χ1) is 11.7. The zero-order valence-corrected chi connectivity index (χ0v) is 13.9. The van der Waals surface area contributed by atoms with Gasteiger partial charge in [0.05, 0.1) is 0 Å². The molecule has 0 saturated carbocycles. The van der Waals surface area contributed by atoms with Crippen molar-refractivity contribution in [1.29, 1.82) is 5.26 Å². The minimum atomic E-state index is -0.332. The number of hydrogen-bond donors (Lipinski definition) is 2. The number of benzene rings is 1. The number of hydrogen-bond acceptors (Lipinski definition) is 4. The van der Waals surface area contributed by atoms with Crippen molar-refractivity contribution in [2.24, 2.45) is 0 Å². The molecule has 5 nitrogen and oxygen atoms in total. The van der Waals surface area contributed by atoms with E-state index in [0.717, 1.165) is 37.8 Å². The van der Waals surface area contributed by atoms with Crippen LogP contribution in [0.2, 0.25) is 0 Å². The van der Waals surface area contributed by atoms with Gasteiger partial charge in [0, 0.05) is 31.9 Å². The summed E-state index contributed by atoms with van der Waals surface area (Å²) in [6, 6.07) is 12.1. The van der Waals surface area contributed by atoms with Crippen LogP contribution in [-0.4, -0.2) is 41.7 Å². The van der Waals surface area contributed by atoms with Crippen LogP contribution in [-0.2, 0) is 11.2 Å². The van der Waals surface area contributed by atoms with E-state index in [1.807, 2.05) is 41.3 Å². The van der Waals surface area contributed by atoms with Crippen molar-refractivity contribution in [2.75, 3.05) is 19.7 Å². The van der Waals surface area contributed by atoms with Crippen molar-refractivity contribution >= 4 is 5.91 Å². The van der Waals surface area contributed by atoms with Crippen LogP contribution in [0.5, 0.6) is 0 Å². The third kappa shape index (κ3) is 5.39. The van der Waals surface area contributed by atoms with Gasteiger partial charge in [0.25, 0.3) is 5.91 Å². The normalized spacial score (nSPS) is 18.1. The van der Waals surface area contributed by atoms with Crippen LogP contribution >= 0.6 is 0 Å². The van der Waals surface area contributed by atoms with Crippen molar-refractivity contribution in [3.63, 3.8) is 0 Å². The number of nitrogens with one attached hydrogen (secondary N) is 1. The molecule has 1 heterocycles. The van der Waals surface area contributed by atoms with E-state index in [9.17, 15) is 10.1 Å². The number of nitrogens with zero attached hydrogens (tertiary/aromatic N) is 2. The van der Waals surface area contributed by atoms with E-state index in [1.165, 1.54) is 0 Å². The average molecular weight is 327 g/mol. The number of piperidine rings is 1. The number of rotatable bonds is 7. The second-order valence-electron chi connectivity index (χ2n) is 6.05. The van der Waals surface area contributed by atoms with E-state index < -0.39 is 0 Å². The van der Waals surface area contributed by atoms with Gasteiger partial charge in [-0.3, -0.25) is 4.79 Å². The number of aliphatic hydroxyl groups is 1. The van der Waals surface area contributed by atoms with E-state index in [0.29, 0.717) is 13.0 Å². The SMILES string of the molecule is N#C/C(=C/N1CCCCC1CCO)C(=O)NCCc1ccccc1. The van der Waals surface area contributed by atoms with Gasteiger partial charge in [0.1, 0.15) is 11.6 Å². The summed E-state index contributed by atoms with van der Waals surface area (Å²) in [7, 11) is 0. The molecule has 1 aromatic rings. The Kier molecular flexibility index (Phi) is 7.31. The molecule has 1 aliphatic rings. The monoisotopic (exact) mass is 327 g/mol. The second-order valence-corrected chi connectivity index (χ2v) is 6.05. The summed E-state index contributed by atoms with van der Waals surface area (Å²) < 4.78 is 0. The summed E-state index contributed by atoms with van der Waals surface area (Å²) >= 11 is 0. The predicted molar refractivity (Wildman–Crippen MR) is 92.9 cm³/mol. The molecule has 1 unspecified atom stereocenters. The Labute approximate surface area is 143 Å². The molecule has 128 valence electrons. The lowest BCUT2D eigenvalue weighted by atomic mass is 10.00. The highest BCUT2D eigenvalue weighted by Gasteiger charge is 2.21. The molecule has 1 aliphatic heterocycles. The zero-order chi connectivity index (χ0) is 17.2. The summed E-state index contributed by atoms with van der Waals surface area (Å²) in [5, 5.41) is 21.3. The van der Waals surface area contributed by atoms with Gasteiger partial charge < -0.3 is 15.3 Å². The summed E-state index contributed by atoms with van der Waals surface area (Å²) in [5.74, 6) is -0.332. The predicted octanol–water partition coefficient (Wildman–Crippen LogP) is 1.99. The number of likely N-dealkylation sites (tertiary alicyclic amines) is 1. The zero-order valence-electron chi connectivity index (χ0n) is 13.9. The summed E-state index contributed by atoms with van der Waals surface area (Å²) in [4.78, 5) is 14.3. The number of carbonyl (C=O) groups is 1. The van der Waals surface area contributed by atoms with Gasteiger partial charge in [-0.1, -0.05) is 30.3 Å². The van der Waals surface area contributed by atoms with Gasteiger partial charge in [-0.25, -0.2) is 0 Å². The van der Waals surface area contributed by atoms with Crippen LogP contribution in [0, 0.1) is 11.3 Å². The Morgan fingerprint density at radius 1 is 1.38 bits per heavy atom. The Morgan fingerprint density at radius 3 is 2.88 bits per heavy atom. The molecule has 1 aromatic carbocycles. The van der Waals surface area contributed by atoms with E-state index in [-0.39, 0.29) is 24.1 Å². The standard InChI is InChI=1S/C19H25N3O2/c20-14-17(15-22-12-5-4-8-18(22)10-13-23)19(24)21-11-9-16-6-2-1-3-7-16/h1-3,6-7,15,18,23H,4-5,8-13H2,(H,21,24)/b17-15-. The molecule has 0 aromatic heterocycles. The van der Waals surface area contributed by atoms with Crippen molar-refractivity contribution in [2.45, 2.75) is 38.1 Å². The lowest BCUT2D eigenvalue weighted by molar-refractivity contribution is -0.117. The van der Waals surface area contributed by atoms with Crippen LogP contribution in [0.15, 0.2) is 42.1 Å². The molecular weight excluding hydrogens is 302 g/mol.